The van der Waals surface area contributed by atoms with Crippen LogP contribution >= 0.6 is 15.9 Å². The van der Waals surface area contributed by atoms with Gasteiger partial charge in [0.15, 0.2) is 0 Å². The first-order chi connectivity index (χ1) is 10.4. The summed E-state index contributed by atoms with van der Waals surface area (Å²) in [6.45, 7) is 6.79. The molecule has 1 saturated heterocycles. The van der Waals surface area contributed by atoms with E-state index < -0.39 is 11.9 Å². The van der Waals surface area contributed by atoms with Crippen molar-refractivity contribution in [1.29, 1.82) is 0 Å². The van der Waals surface area contributed by atoms with Gasteiger partial charge in [-0.2, -0.15) is 0 Å². The number of halogens is 1. The third-order valence-corrected chi connectivity index (χ3v) is 4.40. The van der Waals surface area contributed by atoms with Crippen molar-refractivity contribution in [3.63, 3.8) is 0 Å². The third-order valence-electron chi connectivity index (χ3n) is 3.91. The van der Waals surface area contributed by atoms with Crippen molar-refractivity contribution in [1.82, 2.24) is 10.9 Å². The number of hydrazine groups is 1. The van der Waals surface area contributed by atoms with Gasteiger partial charge in [-0.05, 0) is 37.5 Å². The van der Waals surface area contributed by atoms with Crippen LogP contribution in [0.2, 0.25) is 0 Å². The van der Waals surface area contributed by atoms with Crippen molar-refractivity contribution in [3.05, 3.63) is 28.2 Å². The number of rotatable bonds is 6. The number of carbonyl (C=O) groups is 1. The molecule has 0 aliphatic carbocycles. The molecule has 0 amide bonds. The lowest BCUT2D eigenvalue weighted by Crippen LogP contribution is -2.30. The van der Waals surface area contributed by atoms with Crippen LogP contribution in [0.5, 0.6) is 5.75 Å². The second-order valence-corrected chi connectivity index (χ2v) is 7.05. The largest absolute Gasteiger partial charge is 0.493 e. The first-order valence-electron chi connectivity index (χ1n) is 7.56. The van der Waals surface area contributed by atoms with Gasteiger partial charge in [0.2, 0.25) is 0 Å². The molecule has 2 rings (SSSR count). The summed E-state index contributed by atoms with van der Waals surface area (Å²) < 4.78 is 6.80. The van der Waals surface area contributed by atoms with Gasteiger partial charge in [0, 0.05) is 16.1 Å². The van der Waals surface area contributed by atoms with E-state index in [1.807, 2.05) is 25.1 Å². The molecule has 1 fully saturated rings. The SMILES string of the molecule is CC(C)CCOc1ccc(Br)cc1C1NNC(C)C1C(=O)O. The van der Waals surface area contributed by atoms with Crippen LogP contribution in [0, 0.1) is 11.8 Å². The highest BCUT2D eigenvalue weighted by Crippen LogP contribution is 2.36. The molecule has 0 aromatic heterocycles. The molecule has 1 aromatic carbocycles. The van der Waals surface area contributed by atoms with Crippen LogP contribution < -0.4 is 15.6 Å². The summed E-state index contributed by atoms with van der Waals surface area (Å²) in [6.07, 6.45) is 0.963. The summed E-state index contributed by atoms with van der Waals surface area (Å²) in [7, 11) is 0. The number of hydrogen-bond acceptors (Lipinski definition) is 4. The van der Waals surface area contributed by atoms with Crippen LogP contribution in [0.15, 0.2) is 22.7 Å². The smallest absolute Gasteiger partial charge is 0.310 e. The van der Waals surface area contributed by atoms with Crippen molar-refractivity contribution < 1.29 is 14.6 Å². The number of ether oxygens (including phenoxy) is 1. The molecule has 122 valence electrons. The Morgan fingerprint density at radius 1 is 1.41 bits per heavy atom. The molecule has 0 spiro atoms. The lowest BCUT2D eigenvalue weighted by Gasteiger charge is -2.21. The van der Waals surface area contributed by atoms with E-state index in [2.05, 4.69) is 40.6 Å². The molecule has 3 N–H and O–H groups in total. The molecule has 6 heteroatoms. The van der Waals surface area contributed by atoms with Gasteiger partial charge in [0.1, 0.15) is 5.75 Å². The average molecular weight is 371 g/mol. The molecular weight excluding hydrogens is 348 g/mol. The van der Waals surface area contributed by atoms with E-state index in [4.69, 9.17) is 4.74 Å². The number of carboxylic acid groups (broad SMARTS) is 1. The van der Waals surface area contributed by atoms with Gasteiger partial charge >= 0.3 is 5.97 Å². The zero-order valence-electron chi connectivity index (χ0n) is 13.1. The Balaban J connectivity index is 2.24. The summed E-state index contributed by atoms with van der Waals surface area (Å²) in [4.78, 5) is 11.6. The molecular formula is C16H23BrN2O3. The van der Waals surface area contributed by atoms with E-state index in [-0.39, 0.29) is 12.1 Å². The van der Waals surface area contributed by atoms with Gasteiger partial charge in [-0.3, -0.25) is 10.2 Å². The van der Waals surface area contributed by atoms with Gasteiger partial charge < -0.3 is 9.84 Å². The molecule has 5 nitrogen and oxygen atoms in total. The van der Waals surface area contributed by atoms with Crippen molar-refractivity contribution in [2.75, 3.05) is 6.61 Å². The molecule has 1 aliphatic heterocycles. The Hall–Kier alpha value is -1.11. The first kappa shape index (κ1) is 17.2. The standard InChI is InChI=1S/C16H23BrN2O3/c1-9(2)6-7-22-13-5-4-11(17)8-12(13)15-14(16(20)21)10(3)18-19-15/h4-5,8-10,14-15,18-19H,6-7H2,1-3H3,(H,20,21). The predicted molar refractivity (Wildman–Crippen MR) is 88.7 cm³/mol. The fourth-order valence-corrected chi connectivity index (χ4v) is 2.99. The topological polar surface area (TPSA) is 70.6 Å². The minimum Gasteiger partial charge on any atom is -0.493 e. The highest BCUT2D eigenvalue weighted by molar-refractivity contribution is 9.10. The number of nitrogens with one attached hydrogen (secondary N) is 2. The van der Waals surface area contributed by atoms with Crippen LogP contribution in [0.25, 0.3) is 0 Å². The highest BCUT2D eigenvalue weighted by Gasteiger charge is 2.40. The number of benzene rings is 1. The summed E-state index contributed by atoms with van der Waals surface area (Å²) in [5.74, 6) is -0.0506. The summed E-state index contributed by atoms with van der Waals surface area (Å²) in [5.41, 5.74) is 6.97. The minimum atomic E-state index is -0.817. The molecule has 1 aliphatic rings. The van der Waals surface area contributed by atoms with E-state index >= 15 is 0 Å². The maximum absolute atomic E-state index is 11.6. The van der Waals surface area contributed by atoms with Crippen molar-refractivity contribution in [3.8, 4) is 5.75 Å². The first-order valence-corrected chi connectivity index (χ1v) is 8.35. The Morgan fingerprint density at radius 3 is 2.77 bits per heavy atom. The molecule has 0 bridgehead atoms. The summed E-state index contributed by atoms with van der Waals surface area (Å²) in [5, 5.41) is 9.49. The summed E-state index contributed by atoms with van der Waals surface area (Å²) in [6, 6.07) is 5.26. The number of aliphatic carboxylic acids is 1. The van der Waals surface area contributed by atoms with Gasteiger partial charge in [0.05, 0.1) is 18.6 Å². The minimum absolute atomic E-state index is 0.148. The Morgan fingerprint density at radius 2 is 2.14 bits per heavy atom. The monoisotopic (exact) mass is 370 g/mol. The van der Waals surface area contributed by atoms with Gasteiger partial charge in [0.25, 0.3) is 0 Å². The molecule has 0 saturated carbocycles. The molecule has 1 aromatic rings. The molecule has 1 heterocycles. The quantitative estimate of drug-likeness (QED) is 0.717. The Bertz CT molecular complexity index is 536. The predicted octanol–water partition coefficient (Wildman–Crippen LogP) is 3.11. The van der Waals surface area contributed by atoms with E-state index in [0.29, 0.717) is 12.5 Å². The van der Waals surface area contributed by atoms with Gasteiger partial charge in [-0.15, -0.1) is 0 Å². The lowest BCUT2D eigenvalue weighted by molar-refractivity contribution is -0.142. The van der Waals surface area contributed by atoms with Crippen LogP contribution in [-0.4, -0.2) is 23.7 Å². The molecule has 22 heavy (non-hydrogen) atoms. The molecule has 3 atom stereocenters. The zero-order chi connectivity index (χ0) is 16.3. The Labute approximate surface area is 139 Å². The number of hydrogen-bond donors (Lipinski definition) is 3. The maximum Gasteiger partial charge on any atom is 0.310 e. The second-order valence-electron chi connectivity index (χ2n) is 6.13. The van der Waals surface area contributed by atoms with Crippen molar-refractivity contribution in [2.24, 2.45) is 11.8 Å². The molecule has 0 radical (unpaired) electrons. The van der Waals surface area contributed by atoms with Crippen LogP contribution in [0.1, 0.15) is 38.8 Å². The normalized spacial score (nSPS) is 24.7. The van der Waals surface area contributed by atoms with E-state index in [1.54, 1.807) is 0 Å². The molecule has 3 unspecified atom stereocenters. The van der Waals surface area contributed by atoms with E-state index in [0.717, 1.165) is 22.2 Å². The number of carboxylic acids is 1. The zero-order valence-corrected chi connectivity index (χ0v) is 14.7. The van der Waals surface area contributed by atoms with Crippen LogP contribution in [-0.2, 0) is 4.79 Å². The van der Waals surface area contributed by atoms with Gasteiger partial charge in [-0.1, -0.05) is 29.8 Å². The van der Waals surface area contributed by atoms with E-state index in [1.165, 1.54) is 0 Å². The highest BCUT2D eigenvalue weighted by atomic mass is 79.9. The van der Waals surface area contributed by atoms with E-state index in [9.17, 15) is 9.90 Å². The van der Waals surface area contributed by atoms with Crippen molar-refractivity contribution >= 4 is 21.9 Å². The fourth-order valence-electron chi connectivity index (χ4n) is 2.62. The van der Waals surface area contributed by atoms with Crippen molar-refractivity contribution in [2.45, 2.75) is 39.3 Å². The fraction of sp³-hybridized carbons (Fsp3) is 0.562. The average Bonchev–Trinajstić information content (AvgIpc) is 2.82. The third kappa shape index (κ3) is 4.00. The van der Waals surface area contributed by atoms with Crippen LogP contribution in [0.3, 0.4) is 0 Å². The van der Waals surface area contributed by atoms with Gasteiger partial charge in [-0.25, -0.2) is 5.43 Å². The lowest BCUT2D eigenvalue weighted by atomic mass is 9.90. The van der Waals surface area contributed by atoms with Crippen LogP contribution in [0.4, 0.5) is 0 Å². The summed E-state index contributed by atoms with van der Waals surface area (Å²) >= 11 is 3.46. The Kier molecular flexibility index (Phi) is 5.83. The maximum atomic E-state index is 11.6. The second kappa shape index (κ2) is 7.44.